The number of hydrogen-bond donors (Lipinski definition) is 12. The Balaban J connectivity index is 1.30. The van der Waals surface area contributed by atoms with Crippen LogP contribution in [-0.2, 0) is 33.2 Å². The Kier molecular flexibility index (Phi) is 47.0. The molecule has 3 aliphatic heterocycles. The number of ether oxygens (including phenoxy) is 6. The highest BCUT2D eigenvalue weighted by Crippen LogP contribution is 2.33. The van der Waals surface area contributed by atoms with E-state index in [2.05, 4.69) is 54.8 Å². The average molecular weight is 1270 g/mol. The van der Waals surface area contributed by atoms with Crippen LogP contribution in [0.4, 0.5) is 0 Å². The Bertz CT molecular complexity index is 1850. The molecule has 89 heavy (non-hydrogen) atoms. The van der Waals surface area contributed by atoms with E-state index in [-0.39, 0.29) is 18.9 Å². The zero-order valence-electron chi connectivity index (χ0n) is 54.6. The van der Waals surface area contributed by atoms with E-state index in [9.17, 15) is 61.0 Å². The van der Waals surface area contributed by atoms with Gasteiger partial charge in [0, 0.05) is 6.42 Å². The highest BCUT2D eigenvalue weighted by atomic mass is 16.8. The Morgan fingerprint density at radius 3 is 1.25 bits per heavy atom. The summed E-state index contributed by atoms with van der Waals surface area (Å²) in [4.78, 5) is 13.3. The van der Waals surface area contributed by atoms with Crippen LogP contribution in [0.1, 0.15) is 245 Å². The minimum absolute atomic E-state index is 0.233. The van der Waals surface area contributed by atoms with Crippen LogP contribution in [0.5, 0.6) is 0 Å². The molecule has 3 fully saturated rings. The quantitative estimate of drug-likeness (QED) is 0.0199. The van der Waals surface area contributed by atoms with Crippen LogP contribution in [-0.4, -0.2) is 193 Å². The SMILES string of the molecule is C/C=C/CC/C=C/CC/C=C/C(O)C(COC1OC(CO)C(OC2OC(CO)C(OC3OC(CO)C(O)C(O)C3O)C(O)C2O)C(O)C1O)NC(=O)CCCCCCCCCCCCCCCCCCCCCCCCC/C=C\C/C=C\CCCCCCC. The summed E-state index contributed by atoms with van der Waals surface area (Å²) < 4.78 is 34.2. The number of amides is 1. The molecule has 0 spiro atoms. The van der Waals surface area contributed by atoms with Crippen molar-refractivity contribution in [2.75, 3.05) is 26.4 Å². The van der Waals surface area contributed by atoms with Crippen LogP contribution in [0.3, 0.4) is 0 Å². The number of unbranched alkanes of at least 4 members (excludes halogenated alkanes) is 30. The Morgan fingerprint density at radius 2 is 0.798 bits per heavy atom. The van der Waals surface area contributed by atoms with Crippen molar-refractivity contribution in [3.63, 3.8) is 0 Å². The van der Waals surface area contributed by atoms with Crippen molar-refractivity contribution in [2.24, 2.45) is 0 Å². The average Bonchev–Trinajstić information content (AvgIpc) is 1.06. The van der Waals surface area contributed by atoms with Gasteiger partial charge in [-0.3, -0.25) is 4.79 Å². The Morgan fingerprint density at radius 1 is 0.427 bits per heavy atom. The molecular formula is C70H125NO18. The van der Waals surface area contributed by atoms with Gasteiger partial charge in [0.05, 0.1) is 38.6 Å². The molecule has 0 radical (unpaired) electrons. The van der Waals surface area contributed by atoms with E-state index in [0.29, 0.717) is 12.8 Å². The summed E-state index contributed by atoms with van der Waals surface area (Å²) in [5, 5.41) is 120. The van der Waals surface area contributed by atoms with Gasteiger partial charge < -0.3 is 89.9 Å². The zero-order valence-corrected chi connectivity index (χ0v) is 54.6. The Hall–Kier alpha value is -2.51. The smallest absolute Gasteiger partial charge is 0.220 e. The molecule has 19 nitrogen and oxygen atoms in total. The van der Waals surface area contributed by atoms with Crippen LogP contribution in [0.2, 0.25) is 0 Å². The molecule has 3 heterocycles. The first-order valence-electron chi connectivity index (χ1n) is 35.0. The predicted molar refractivity (Wildman–Crippen MR) is 346 cm³/mol. The van der Waals surface area contributed by atoms with Crippen LogP contribution >= 0.6 is 0 Å². The van der Waals surface area contributed by atoms with Crippen molar-refractivity contribution < 1.29 is 89.4 Å². The van der Waals surface area contributed by atoms with Crippen molar-refractivity contribution in [1.82, 2.24) is 5.32 Å². The number of allylic oxidation sites excluding steroid dienone is 9. The lowest BCUT2D eigenvalue weighted by atomic mass is 9.96. The molecule has 12 N–H and O–H groups in total. The maximum atomic E-state index is 13.3. The molecule has 3 saturated heterocycles. The minimum atomic E-state index is -1.98. The van der Waals surface area contributed by atoms with Gasteiger partial charge in [0.25, 0.3) is 0 Å². The van der Waals surface area contributed by atoms with Gasteiger partial charge in [-0.15, -0.1) is 0 Å². The third-order valence-electron chi connectivity index (χ3n) is 17.4. The molecule has 1 amide bonds. The molecule has 3 rings (SSSR count). The van der Waals surface area contributed by atoms with E-state index in [0.717, 1.165) is 44.9 Å². The zero-order chi connectivity index (χ0) is 64.7. The van der Waals surface area contributed by atoms with E-state index in [1.807, 2.05) is 19.1 Å². The van der Waals surface area contributed by atoms with Gasteiger partial charge in [-0.1, -0.05) is 228 Å². The second-order valence-electron chi connectivity index (χ2n) is 25.0. The monoisotopic (exact) mass is 1270 g/mol. The molecule has 0 aliphatic carbocycles. The molecule has 518 valence electrons. The molecule has 0 bridgehead atoms. The first-order chi connectivity index (χ1) is 43.3. The van der Waals surface area contributed by atoms with Crippen LogP contribution in [0, 0.1) is 0 Å². The van der Waals surface area contributed by atoms with Gasteiger partial charge in [0.1, 0.15) is 73.2 Å². The molecule has 0 aromatic rings. The van der Waals surface area contributed by atoms with E-state index in [1.54, 1.807) is 6.08 Å². The van der Waals surface area contributed by atoms with Crippen molar-refractivity contribution in [3.8, 4) is 0 Å². The second-order valence-corrected chi connectivity index (χ2v) is 25.0. The predicted octanol–water partition coefficient (Wildman–Crippen LogP) is 9.16. The molecule has 3 aliphatic rings. The maximum absolute atomic E-state index is 13.3. The summed E-state index contributed by atoms with van der Waals surface area (Å²) in [6, 6.07) is -0.994. The first kappa shape index (κ1) is 80.7. The van der Waals surface area contributed by atoms with E-state index in [1.165, 1.54) is 167 Å². The second kappa shape index (κ2) is 51.8. The third kappa shape index (κ3) is 33.9. The third-order valence-corrected chi connectivity index (χ3v) is 17.4. The molecule has 0 saturated carbocycles. The number of aliphatic hydroxyl groups excluding tert-OH is 11. The molecule has 17 atom stereocenters. The van der Waals surface area contributed by atoms with Crippen molar-refractivity contribution >= 4 is 5.91 Å². The van der Waals surface area contributed by atoms with Crippen molar-refractivity contribution in [3.05, 3.63) is 60.8 Å². The van der Waals surface area contributed by atoms with Crippen LogP contribution in [0.15, 0.2) is 60.8 Å². The van der Waals surface area contributed by atoms with Crippen molar-refractivity contribution in [2.45, 2.75) is 349 Å². The largest absolute Gasteiger partial charge is 0.394 e. The molecule has 0 aromatic heterocycles. The van der Waals surface area contributed by atoms with E-state index in [4.69, 9.17) is 28.4 Å². The summed E-state index contributed by atoms with van der Waals surface area (Å²) >= 11 is 0. The lowest BCUT2D eigenvalue weighted by Crippen LogP contribution is -2.66. The van der Waals surface area contributed by atoms with Crippen molar-refractivity contribution in [1.29, 1.82) is 0 Å². The maximum Gasteiger partial charge on any atom is 0.220 e. The normalized spacial score (nSPS) is 28.6. The first-order valence-corrected chi connectivity index (χ1v) is 35.0. The van der Waals surface area contributed by atoms with E-state index >= 15 is 0 Å². The molecule has 19 heteroatoms. The standard InChI is InChI=1S/C70H125NO18/c1-3-5-7-9-11-13-14-15-16-17-18-19-20-21-22-23-24-25-26-27-28-29-30-31-32-33-34-35-36-37-38-40-42-44-46-48-58(76)71-53(54(75)47-45-43-41-39-12-10-8-6-4-2)52-84-68-64(82)61(79)66(56(50-73)86-68)89-70-65(83)62(80)67(57(51-74)87-70)88-69-63(81)60(78)59(77)55(49-72)85-69/h4,6,12,14-15,17-18,39,45,47,53-57,59-70,72-75,77-83H,3,5,7-11,13,16,19-38,40-44,46,48-52H2,1-2H3,(H,71,76)/b6-4+,15-14-,18-17-,39-12+,47-45+. The van der Waals surface area contributed by atoms with Gasteiger partial charge in [-0.25, -0.2) is 0 Å². The summed E-state index contributed by atoms with van der Waals surface area (Å²) in [6.45, 7) is 1.45. The molecule has 0 aromatic carbocycles. The van der Waals surface area contributed by atoms with Gasteiger partial charge in [0.15, 0.2) is 18.9 Å². The number of aliphatic hydroxyl groups is 11. The Labute approximate surface area is 535 Å². The molecule has 17 unspecified atom stereocenters. The number of carbonyl (C=O) groups excluding carboxylic acids is 1. The lowest BCUT2D eigenvalue weighted by molar-refractivity contribution is -0.379. The topological polar surface area (TPSA) is 307 Å². The number of rotatable bonds is 53. The summed E-state index contributed by atoms with van der Waals surface area (Å²) in [6.07, 6.45) is 37.1. The van der Waals surface area contributed by atoms with Crippen LogP contribution < -0.4 is 5.32 Å². The number of carbonyl (C=O) groups is 1. The minimum Gasteiger partial charge on any atom is -0.394 e. The fourth-order valence-electron chi connectivity index (χ4n) is 11.7. The highest BCUT2D eigenvalue weighted by molar-refractivity contribution is 5.76. The summed E-state index contributed by atoms with van der Waals surface area (Å²) in [7, 11) is 0. The van der Waals surface area contributed by atoms with E-state index < -0.39 is 124 Å². The summed E-state index contributed by atoms with van der Waals surface area (Å²) in [5.41, 5.74) is 0. The molecular weight excluding hydrogens is 1140 g/mol. The van der Waals surface area contributed by atoms with Gasteiger partial charge in [0.2, 0.25) is 5.91 Å². The van der Waals surface area contributed by atoms with Gasteiger partial charge in [-0.05, 0) is 71.1 Å². The fraction of sp³-hybridized carbons (Fsp3) is 0.843. The summed E-state index contributed by atoms with van der Waals surface area (Å²) in [5.74, 6) is -0.291. The van der Waals surface area contributed by atoms with Gasteiger partial charge >= 0.3 is 0 Å². The number of hydrogen-bond acceptors (Lipinski definition) is 18. The lowest BCUT2D eigenvalue weighted by Gasteiger charge is -2.48. The number of nitrogens with one attached hydrogen (secondary N) is 1. The fourth-order valence-corrected chi connectivity index (χ4v) is 11.7. The van der Waals surface area contributed by atoms with Crippen LogP contribution in [0.25, 0.3) is 0 Å². The van der Waals surface area contributed by atoms with Gasteiger partial charge in [-0.2, -0.15) is 0 Å². The highest BCUT2D eigenvalue weighted by Gasteiger charge is 2.53.